The molecule has 0 saturated heterocycles. The molecule has 0 bridgehead atoms. The molecule has 0 fully saturated rings. The third kappa shape index (κ3) is 13.9. The highest BCUT2D eigenvalue weighted by molar-refractivity contribution is 6.22. The number of halogens is 1. The van der Waals surface area contributed by atoms with E-state index in [0.717, 1.165) is 25.7 Å². The summed E-state index contributed by atoms with van der Waals surface area (Å²) < 4.78 is 4.63. The van der Waals surface area contributed by atoms with Gasteiger partial charge in [-0.15, -0.1) is 18.2 Å². The Hall–Kier alpha value is -1.72. The van der Waals surface area contributed by atoms with Crippen LogP contribution in [0.3, 0.4) is 0 Å². The van der Waals surface area contributed by atoms with Crippen LogP contribution in [0.25, 0.3) is 0 Å². The lowest BCUT2D eigenvalue weighted by atomic mass is 10.1. The number of carbonyl (C=O) groups excluding carboxylic acids is 1. The number of carbonyl (C=O) groups is 1. The first-order valence-electron chi connectivity index (χ1n) is 7.87. The lowest BCUT2D eigenvalue weighted by molar-refractivity contribution is -0.143. The zero-order valence-electron chi connectivity index (χ0n) is 14.0. The van der Waals surface area contributed by atoms with E-state index < -0.39 is 23.6 Å². The van der Waals surface area contributed by atoms with E-state index in [1.165, 1.54) is 6.92 Å². The van der Waals surface area contributed by atoms with Crippen LogP contribution in [0.15, 0.2) is 24.8 Å². The Kier molecular flexibility index (Phi) is 13.8. The second kappa shape index (κ2) is 14.8. The largest absolute Gasteiger partial charge is 0.463 e. The summed E-state index contributed by atoms with van der Waals surface area (Å²) in [5.74, 6) is 9.86. The highest BCUT2D eigenvalue weighted by atomic mass is 35.5. The lowest BCUT2D eigenvalue weighted by Crippen LogP contribution is -2.26. The lowest BCUT2D eigenvalue weighted by Gasteiger charge is -2.10. The number of rotatable bonds is 10. The van der Waals surface area contributed by atoms with Gasteiger partial charge in [0.1, 0.15) is 18.1 Å². The van der Waals surface area contributed by atoms with Gasteiger partial charge in [-0.3, -0.25) is 4.79 Å². The molecule has 0 aliphatic heterocycles. The summed E-state index contributed by atoms with van der Waals surface area (Å²) in [6, 6.07) is 0. The number of esters is 1. The van der Waals surface area contributed by atoms with E-state index in [1.54, 1.807) is 6.08 Å². The highest BCUT2D eigenvalue weighted by Gasteiger charge is 2.15. The SMILES string of the molecule is C=CCCCCC=C[C@H](O)CC#CC#C[C@@H](Cl)[C@@H](O)COC(C)=O. The zero-order chi connectivity index (χ0) is 18.2. The van der Waals surface area contributed by atoms with E-state index in [2.05, 4.69) is 35.0 Å². The molecule has 4 nitrogen and oxygen atoms in total. The molecule has 0 spiro atoms. The molecule has 0 aromatic carbocycles. The number of aliphatic hydroxyl groups is 2. The molecule has 2 N–H and O–H groups in total. The number of hydrogen-bond donors (Lipinski definition) is 2. The van der Waals surface area contributed by atoms with Gasteiger partial charge in [0.25, 0.3) is 0 Å². The van der Waals surface area contributed by atoms with Crippen LogP contribution < -0.4 is 0 Å². The van der Waals surface area contributed by atoms with Gasteiger partial charge in [0, 0.05) is 13.3 Å². The molecule has 3 atom stereocenters. The maximum atomic E-state index is 10.6. The van der Waals surface area contributed by atoms with Gasteiger partial charge in [-0.25, -0.2) is 0 Å². The Morgan fingerprint density at radius 3 is 2.67 bits per heavy atom. The number of hydrogen-bond acceptors (Lipinski definition) is 4. The standard InChI is InChI=1S/C19H25ClO4/c1-3-4-5-6-7-9-12-17(22)13-10-8-11-14-18(20)19(23)15-24-16(2)21/h3,9,12,17-19,22-23H,1,4-7,13,15H2,2H3/t17-,18+,19-/m0/s1. The number of alkyl halides is 1. The van der Waals surface area contributed by atoms with E-state index in [1.807, 2.05) is 12.2 Å². The minimum atomic E-state index is -1.07. The molecule has 0 amide bonds. The van der Waals surface area contributed by atoms with Crippen LogP contribution in [-0.2, 0) is 9.53 Å². The fourth-order valence-electron chi connectivity index (χ4n) is 1.56. The molecule has 0 aliphatic rings. The molecular weight excluding hydrogens is 328 g/mol. The molecule has 0 aromatic rings. The van der Waals surface area contributed by atoms with E-state index >= 15 is 0 Å². The molecule has 24 heavy (non-hydrogen) atoms. The molecule has 5 heteroatoms. The van der Waals surface area contributed by atoms with Crippen LogP contribution in [0.5, 0.6) is 0 Å². The van der Waals surface area contributed by atoms with Crippen molar-refractivity contribution in [1.82, 2.24) is 0 Å². The third-order valence-electron chi connectivity index (χ3n) is 2.85. The van der Waals surface area contributed by atoms with Crippen molar-refractivity contribution in [2.45, 2.75) is 56.6 Å². The van der Waals surface area contributed by atoms with Crippen molar-refractivity contribution in [2.24, 2.45) is 0 Å². The maximum absolute atomic E-state index is 10.6. The number of allylic oxidation sites excluding steroid dienone is 2. The van der Waals surface area contributed by atoms with Gasteiger partial charge < -0.3 is 14.9 Å². The zero-order valence-corrected chi connectivity index (χ0v) is 14.8. The van der Waals surface area contributed by atoms with Gasteiger partial charge in [-0.2, -0.15) is 0 Å². The summed E-state index contributed by atoms with van der Waals surface area (Å²) in [5, 5.41) is 18.4. The van der Waals surface area contributed by atoms with Crippen molar-refractivity contribution < 1.29 is 19.7 Å². The quantitative estimate of drug-likeness (QED) is 0.208. The first-order valence-corrected chi connectivity index (χ1v) is 8.30. The van der Waals surface area contributed by atoms with Crippen molar-refractivity contribution in [3.63, 3.8) is 0 Å². The molecule has 0 saturated carbocycles. The van der Waals surface area contributed by atoms with Crippen LogP contribution in [-0.4, -0.2) is 40.4 Å². The van der Waals surface area contributed by atoms with E-state index in [0.29, 0.717) is 0 Å². The van der Waals surface area contributed by atoms with Gasteiger partial charge in [0.15, 0.2) is 0 Å². The van der Waals surface area contributed by atoms with E-state index in [4.69, 9.17) is 11.6 Å². The number of ether oxygens (including phenoxy) is 1. The maximum Gasteiger partial charge on any atom is 0.302 e. The Labute approximate surface area is 149 Å². The monoisotopic (exact) mass is 352 g/mol. The third-order valence-corrected chi connectivity index (χ3v) is 3.25. The number of aliphatic hydroxyl groups excluding tert-OH is 2. The Morgan fingerprint density at radius 1 is 1.29 bits per heavy atom. The molecule has 132 valence electrons. The molecule has 0 aliphatic carbocycles. The first-order chi connectivity index (χ1) is 11.5. The first kappa shape index (κ1) is 22.3. The van der Waals surface area contributed by atoms with Crippen molar-refractivity contribution >= 4 is 17.6 Å². The van der Waals surface area contributed by atoms with E-state index in [-0.39, 0.29) is 13.0 Å². The molecule has 0 unspecified atom stereocenters. The summed E-state index contributed by atoms with van der Waals surface area (Å²) in [6.07, 6.45) is 8.26. The van der Waals surface area contributed by atoms with Gasteiger partial charge in [-0.1, -0.05) is 30.1 Å². The fraction of sp³-hybridized carbons (Fsp3) is 0.526. The van der Waals surface area contributed by atoms with Crippen molar-refractivity contribution in [3.8, 4) is 23.7 Å². The summed E-state index contributed by atoms with van der Waals surface area (Å²) in [7, 11) is 0. The number of unbranched alkanes of at least 4 members (excludes halogenated alkanes) is 3. The fourth-order valence-corrected chi connectivity index (χ4v) is 1.69. The summed E-state index contributed by atoms with van der Waals surface area (Å²) >= 11 is 5.83. The van der Waals surface area contributed by atoms with Gasteiger partial charge in [0.2, 0.25) is 0 Å². The average Bonchev–Trinajstić information content (AvgIpc) is 2.55. The normalized spacial score (nSPS) is 13.8. The summed E-state index contributed by atoms with van der Waals surface area (Å²) in [5.41, 5.74) is 0. The highest BCUT2D eigenvalue weighted by Crippen LogP contribution is 2.03. The van der Waals surface area contributed by atoms with Gasteiger partial charge in [-0.05, 0) is 37.5 Å². The second-order valence-corrected chi connectivity index (χ2v) is 5.59. The van der Waals surface area contributed by atoms with Crippen LogP contribution in [0, 0.1) is 23.7 Å². The van der Waals surface area contributed by atoms with Crippen LogP contribution in [0.2, 0.25) is 0 Å². The average molecular weight is 353 g/mol. The Balaban J connectivity index is 4.02. The van der Waals surface area contributed by atoms with Crippen LogP contribution >= 0.6 is 11.6 Å². The Bertz CT molecular complexity index is 519. The topological polar surface area (TPSA) is 66.8 Å². The van der Waals surface area contributed by atoms with Crippen LogP contribution in [0.4, 0.5) is 0 Å². The molecule has 0 aromatic heterocycles. The van der Waals surface area contributed by atoms with Crippen molar-refractivity contribution in [2.75, 3.05) is 6.61 Å². The van der Waals surface area contributed by atoms with E-state index in [9.17, 15) is 15.0 Å². The van der Waals surface area contributed by atoms with Crippen LogP contribution in [0.1, 0.15) is 39.0 Å². The predicted octanol–water partition coefficient (Wildman–Crippen LogP) is 2.58. The predicted molar refractivity (Wildman–Crippen MR) is 96.3 cm³/mol. The summed E-state index contributed by atoms with van der Waals surface area (Å²) in [6.45, 7) is 4.70. The minimum Gasteiger partial charge on any atom is -0.463 e. The Morgan fingerprint density at radius 2 is 2.00 bits per heavy atom. The second-order valence-electron chi connectivity index (χ2n) is 5.12. The van der Waals surface area contributed by atoms with Gasteiger partial charge >= 0.3 is 5.97 Å². The molecule has 0 radical (unpaired) electrons. The molecule has 0 rings (SSSR count). The summed E-state index contributed by atoms with van der Waals surface area (Å²) in [4.78, 5) is 10.6. The molecule has 0 heterocycles. The smallest absolute Gasteiger partial charge is 0.302 e. The van der Waals surface area contributed by atoms with Gasteiger partial charge in [0.05, 0.1) is 6.10 Å². The minimum absolute atomic E-state index is 0.206. The molecular formula is C19H25ClO4. The van der Waals surface area contributed by atoms with Crippen molar-refractivity contribution in [3.05, 3.63) is 24.8 Å². The van der Waals surface area contributed by atoms with Crippen molar-refractivity contribution in [1.29, 1.82) is 0 Å².